The standard InChI is InChI=1S/C9H14N2O3/c12-8(13)7-5-11(9(14)10-7)4-6-2-1-3-6/h6-7H,1-5H2,(H,10,14)(H,12,13). The Kier molecular flexibility index (Phi) is 2.31. The smallest absolute Gasteiger partial charge is 0.328 e. The average molecular weight is 198 g/mol. The molecule has 1 heterocycles. The van der Waals surface area contributed by atoms with Gasteiger partial charge in [-0.1, -0.05) is 6.42 Å². The lowest BCUT2D eigenvalue weighted by atomic mass is 9.85. The zero-order chi connectivity index (χ0) is 10.1. The van der Waals surface area contributed by atoms with Crippen molar-refractivity contribution in [2.75, 3.05) is 13.1 Å². The first-order valence-corrected chi connectivity index (χ1v) is 4.95. The second-order valence-electron chi connectivity index (χ2n) is 4.04. The average Bonchev–Trinajstić information content (AvgIpc) is 2.40. The van der Waals surface area contributed by atoms with Crippen LogP contribution in [-0.4, -0.2) is 41.1 Å². The van der Waals surface area contributed by atoms with E-state index in [1.807, 2.05) is 0 Å². The van der Waals surface area contributed by atoms with Crippen molar-refractivity contribution in [3.05, 3.63) is 0 Å². The molecule has 1 saturated heterocycles. The molecule has 78 valence electrons. The van der Waals surface area contributed by atoms with Crippen LogP contribution in [0.2, 0.25) is 0 Å². The molecule has 0 aromatic rings. The number of nitrogens with one attached hydrogen (secondary N) is 1. The van der Waals surface area contributed by atoms with Gasteiger partial charge in [-0.05, 0) is 18.8 Å². The number of nitrogens with zero attached hydrogens (tertiary/aromatic N) is 1. The third-order valence-electron chi connectivity index (χ3n) is 2.99. The van der Waals surface area contributed by atoms with Gasteiger partial charge in [-0.2, -0.15) is 0 Å². The van der Waals surface area contributed by atoms with Crippen LogP contribution in [0.3, 0.4) is 0 Å². The number of aliphatic carboxylic acids is 1. The third-order valence-corrected chi connectivity index (χ3v) is 2.99. The van der Waals surface area contributed by atoms with Gasteiger partial charge in [0, 0.05) is 6.54 Å². The third kappa shape index (κ3) is 1.66. The van der Waals surface area contributed by atoms with Crippen molar-refractivity contribution in [3.63, 3.8) is 0 Å². The van der Waals surface area contributed by atoms with E-state index in [0.717, 1.165) is 6.54 Å². The Morgan fingerprint density at radius 3 is 2.71 bits per heavy atom. The number of rotatable bonds is 3. The second-order valence-corrected chi connectivity index (χ2v) is 4.04. The Bertz CT molecular complexity index is 263. The SMILES string of the molecule is O=C(O)C1CN(CC2CCC2)C(=O)N1. The number of carboxylic acid groups (broad SMARTS) is 1. The largest absolute Gasteiger partial charge is 0.480 e. The second kappa shape index (κ2) is 3.48. The molecule has 1 saturated carbocycles. The van der Waals surface area contributed by atoms with Gasteiger partial charge in [-0.15, -0.1) is 0 Å². The van der Waals surface area contributed by atoms with E-state index in [9.17, 15) is 9.59 Å². The molecule has 0 bridgehead atoms. The summed E-state index contributed by atoms with van der Waals surface area (Å²) in [6.07, 6.45) is 3.57. The van der Waals surface area contributed by atoms with Gasteiger partial charge in [-0.3, -0.25) is 0 Å². The van der Waals surface area contributed by atoms with Crippen LogP contribution in [0.5, 0.6) is 0 Å². The highest BCUT2D eigenvalue weighted by Gasteiger charge is 2.35. The van der Waals surface area contributed by atoms with Crippen LogP contribution in [0.15, 0.2) is 0 Å². The summed E-state index contributed by atoms with van der Waals surface area (Å²) in [5, 5.41) is 11.2. The molecule has 0 spiro atoms. The Hall–Kier alpha value is -1.26. The molecule has 0 aromatic carbocycles. The Labute approximate surface area is 82.1 Å². The van der Waals surface area contributed by atoms with Crippen molar-refractivity contribution in [2.45, 2.75) is 25.3 Å². The lowest BCUT2D eigenvalue weighted by Gasteiger charge is -2.29. The number of hydrogen-bond donors (Lipinski definition) is 2. The van der Waals surface area contributed by atoms with Crippen LogP contribution in [0.25, 0.3) is 0 Å². The number of urea groups is 1. The van der Waals surface area contributed by atoms with Gasteiger partial charge in [0.1, 0.15) is 6.04 Å². The number of hydrogen-bond acceptors (Lipinski definition) is 2. The summed E-state index contributed by atoms with van der Waals surface area (Å²) in [6, 6.07) is -0.952. The molecule has 0 radical (unpaired) electrons. The van der Waals surface area contributed by atoms with Crippen molar-refractivity contribution < 1.29 is 14.7 Å². The Morgan fingerprint density at radius 2 is 2.29 bits per heavy atom. The number of amides is 2. The fourth-order valence-electron chi connectivity index (χ4n) is 1.87. The maximum absolute atomic E-state index is 11.3. The monoisotopic (exact) mass is 198 g/mol. The van der Waals surface area contributed by atoms with Crippen molar-refractivity contribution >= 4 is 12.0 Å². The lowest BCUT2D eigenvalue weighted by molar-refractivity contribution is -0.138. The summed E-state index contributed by atoms with van der Waals surface area (Å²) >= 11 is 0. The Balaban J connectivity index is 1.87. The van der Waals surface area contributed by atoms with Gasteiger partial charge in [0.25, 0.3) is 0 Å². The quantitative estimate of drug-likeness (QED) is 0.683. The minimum Gasteiger partial charge on any atom is -0.480 e. The molecule has 5 heteroatoms. The van der Waals surface area contributed by atoms with Crippen LogP contribution in [0.1, 0.15) is 19.3 Å². The van der Waals surface area contributed by atoms with Crippen LogP contribution < -0.4 is 5.32 Å². The fraction of sp³-hybridized carbons (Fsp3) is 0.778. The van der Waals surface area contributed by atoms with Gasteiger partial charge in [0.15, 0.2) is 0 Å². The van der Waals surface area contributed by atoms with Crippen LogP contribution >= 0.6 is 0 Å². The predicted molar refractivity (Wildman–Crippen MR) is 48.9 cm³/mol. The highest BCUT2D eigenvalue weighted by Crippen LogP contribution is 2.27. The van der Waals surface area contributed by atoms with Crippen LogP contribution in [0, 0.1) is 5.92 Å². The molecule has 1 aliphatic carbocycles. The van der Waals surface area contributed by atoms with E-state index in [4.69, 9.17) is 5.11 Å². The van der Waals surface area contributed by atoms with E-state index in [-0.39, 0.29) is 6.03 Å². The first-order valence-electron chi connectivity index (χ1n) is 4.95. The van der Waals surface area contributed by atoms with Crippen LogP contribution in [-0.2, 0) is 4.79 Å². The highest BCUT2D eigenvalue weighted by molar-refractivity contribution is 5.86. The summed E-state index contributed by atoms with van der Waals surface area (Å²) in [5.74, 6) is -0.359. The van der Waals surface area contributed by atoms with Crippen molar-refractivity contribution in [3.8, 4) is 0 Å². The van der Waals surface area contributed by atoms with Gasteiger partial charge in [0.05, 0.1) is 6.54 Å². The van der Waals surface area contributed by atoms with E-state index in [1.54, 1.807) is 4.90 Å². The maximum Gasteiger partial charge on any atom is 0.328 e. The molecule has 2 aliphatic rings. The summed E-state index contributed by atoms with van der Waals surface area (Å²) in [7, 11) is 0. The molecule has 1 unspecified atom stereocenters. The highest BCUT2D eigenvalue weighted by atomic mass is 16.4. The normalized spacial score (nSPS) is 27.3. The molecular weight excluding hydrogens is 184 g/mol. The zero-order valence-corrected chi connectivity index (χ0v) is 7.90. The summed E-state index contributed by atoms with van der Waals surface area (Å²) in [5.41, 5.74) is 0. The summed E-state index contributed by atoms with van der Waals surface area (Å²) in [6.45, 7) is 1.03. The number of carboxylic acids is 1. The number of carbonyl (C=O) groups is 2. The maximum atomic E-state index is 11.3. The van der Waals surface area contributed by atoms with Gasteiger partial charge in [-0.25, -0.2) is 9.59 Å². The van der Waals surface area contributed by atoms with Gasteiger partial charge >= 0.3 is 12.0 Å². The molecule has 2 rings (SSSR count). The van der Waals surface area contributed by atoms with E-state index >= 15 is 0 Å². The minimum atomic E-state index is -0.950. The molecular formula is C9H14N2O3. The molecule has 5 nitrogen and oxygen atoms in total. The molecule has 2 amide bonds. The van der Waals surface area contributed by atoms with Crippen molar-refractivity contribution in [2.24, 2.45) is 5.92 Å². The van der Waals surface area contributed by atoms with E-state index in [2.05, 4.69) is 5.32 Å². The van der Waals surface area contributed by atoms with Crippen LogP contribution in [0.4, 0.5) is 4.79 Å². The summed E-state index contributed by atoms with van der Waals surface area (Å²) < 4.78 is 0. The van der Waals surface area contributed by atoms with E-state index in [0.29, 0.717) is 12.5 Å². The molecule has 2 fully saturated rings. The topological polar surface area (TPSA) is 69.6 Å². The predicted octanol–water partition coefficient (Wildman–Crippen LogP) is 0.265. The molecule has 1 atom stereocenters. The molecule has 14 heavy (non-hydrogen) atoms. The minimum absolute atomic E-state index is 0.232. The van der Waals surface area contributed by atoms with Gasteiger partial charge < -0.3 is 15.3 Å². The number of carbonyl (C=O) groups excluding carboxylic acids is 1. The fourth-order valence-corrected chi connectivity index (χ4v) is 1.87. The summed E-state index contributed by atoms with van der Waals surface area (Å²) in [4.78, 5) is 23.6. The van der Waals surface area contributed by atoms with Crippen molar-refractivity contribution in [1.29, 1.82) is 0 Å². The molecule has 2 N–H and O–H groups in total. The zero-order valence-electron chi connectivity index (χ0n) is 7.90. The van der Waals surface area contributed by atoms with Gasteiger partial charge in [0.2, 0.25) is 0 Å². The first kappa shape index (κ1) is 9.30. The lowest BCUT2D eigenvalue weighted by Crippen LogP contribution is -2.35. The Morgan fingerprint density at radius 1 is 1.57 bits per heavy atom. The van der Waals surface area contributed by atoms with E-state index < -0.39 is 12.0 Å². The van der Waals surface area contributed by atoms with E-state index in [1.165, 1.54) is 19.3 Å². The van der Waals surface area contributed by atoms with Crippen molar-refractivity contribution in [1.82, 2.24) is 10.2 Å². The molecule has 1 aliphatic heterocycles. The first-order chi connectivity index (χ1) is 6.66. The molecule has 0 aromatic heterocycles.